The number of ether oxygens (including phenoxy) is 1. The Morgan fingerprint density at radius 1 is 0.871 bits per heavy atom. The quantitative estimate of drug-likeness (QED) is 0.446. The van der Waals surface area contributed by atoms with Crippen LogP contribution in [0.3, 0.4) is 0 Å². The highest BCUT2D eigenvalue weighted by atomic mass is 19.1. The number of carbonyl (C=O) groups is 1. The van der Waals surface area contributed by atoms with Crippen LogP contribution in [0.5, 0.6) is 5.75 Å². The van der Waals surface area contributed by atoms with Gasteiger partial charge < -0.3 is 14.5 Å². The number of anilines is 1. The van der Waals surface area contributed by atoms with Crippen LogP contribution < -0.4 is 9.64 Å². The maximum absolute atomic E-state index is 14.1. The van der Waals surface area contributed by atoms with Crippen LogP contribution in [-0.4, -0.2) is 44.1 Å². The molecule has 1 fully saturated rings. The van der Waals surface area contributed by atoms with E-state index in [4.69, 9.17) is 4.74 Å². The van der Waals surface area contributed by atoms with Gasteiger partial charge in [-0.05, 0) is 29.8 Å². The molecule has 0 spiro atoms. The Bertz CT molecular complexity index is 1070. The van der Waals surface area contributed by atoms with Gasteiger partial charge in [-0.1, -0.05) is 60.7 Å². The van der Waals surface area contributed by atoms with Crippen molar-refractivity contribution in [3.8, 4) is 5.75 Å². The Kier molecular flexibility index (Phi) is 6.32. The minimum Gasteiger partial charge on any atom is -0.496 e. The van der Waals surface area contributed by atoms with Crippen molar-refractivity contribution >= 4 is 23.2 Å². The first-order valence-corrected chi connectivity index (χ1v) is 10.4. The van der Waals surface area contributed by atoms with Crippen LogP contribution in [0.25, 0.3) is 11.6 Å². The zero-order chi connectivity index (χ0) is 21.6. The van der Waals surface area contributed by atoms with Crippen LogP contribution in [-0.2, 0) is 4.79 Å². The molecule has 3 aromatic carbocycles. The van der Waals surface area contributed by atoms with Crippen molar-refractivity contribution in [1.29, 1.82) is 0 Å². The molecule has 0 N–H and O–H groups in total. The minimum absolute atomic E-state index is 0.0368. The number of methoxy groups -OCH3 is 1. The van der Waals surface area contributed by atoms with Gasteiger partial charge in [0.1, 0.15) is 11.6 Å². The first kappa shape index (κ1) is 20.7. The monoisotopic (exact) mass is 416 g/mol. The van der Waals surface area contributed by atoms with Gasteiger partial charge in [-0.25, -0.2) is 4.39 Å². The van der Waals surface area contributed by atoms with E-state index in [0.29, 0.717) is 43.2 Å². The summed E-state index contributed by atoms with van der Waals surface area (Å²) < 4.78 is 19.6. The number of hydrogen-bond acceptors (Lipinski definition) is 3. The predicted octanol–water partition coefficient (Wildman–Crippen LogP) is 4.72. The predicted molar refractivity (Wildman–Crippen MR) is 123 cm³/mol. The van der Waals surface area contributed by atoms with Crippen molar-refractivity contribution in [2.75, 3.05) is 38.2 Å². The second kappa shape index (κ2) is 9.47. The number of carbonyl (C=O) groups excluding carboxylic acids is 1. The van der Waals surface area contributed by atoms with Crippen molar-refractivity contribution < 1.29 is 13.9 Å². The van der Waals surface area contributed by atoms with Crippen LogP contribution >= 0.6 is 0 Å². The highest BCUT2D eigenvalue weighted by Crippen LogP contribution is 2.27. The van der Waals surface area contributed by atoms with Gasteiger partial charge in [-0.2, -0.15) is 0 Å². The van der Waals surface area contributed by atoms with Crippen LogP contribution in [0.1, 0.15) is 11.1 Å². The van der Waals surface area contributed by atoms with Gasteiger partial charge in [0.05, 0.1) is 12.8 Å². The molecule has 1 heterocycles. The third-order valence-corrected chi connectivity index (χ3v) is 5.51. The average molecular weight is 416 g/mol. The van der Waals surface area contributed by atoms with E-state index in [1.807, 2.05) is 76.5 Å². The molecular formula is C26H25FN2O2. The molecule has 0 bridgehead atoms. The first-order chi connectivity index (χ1) is 15.2. The van der Waals surface area contributed by atoms with Gasteiger partial charge in [-0.15, -0.1) is 0 Å². The summed E-state index contributed by atoms with van der Waals surface area (Å²) in [7, 11) is 1.62. The Morgan fingerprint density at radius 2 is 1.52 bits per heavy atom. The third kappa shape index (κ3) is 4.61. The van der Waals surface area contributed by atoms with Crippen LogP contribution in [0.2, 0.25) is 0 Å². The summed E-state index contributed by atoms with van der Waals surface area (Å²) in [6.45, 7) is 2.24. The van der Waals surface area contributed by atoms with Gasteiger partial charge in [0.25, 0.3) is 5.91 Å². The number of rotatable bonds is 5. The molecule has 0 aromatic heterocycles. The largest absolute Gasteiger partial charge is 0.496 e. The van der Waals surface area contributed by atoms with E-state index in [9.17, 15) is 9.18 Å². The normalized spacial score (nSPS) is 14.5. The van der Waals surface area contributed by atoms with Crippen LogP contribution in [0, 0.1) is 5.82 Å². The van der Waals surface area contributed by atoms with Crippen molar-refractivity contribution in [3.05, 3.63) is 95.8 Å². The molecule has 1 amide bonds. The van der Waals surface area contributed by atoms with Gasteiger partial charge in [0.2, 0.25) is 0 Å². The fourth-order valence-corrected chi connectivity index (χ4v) is 3.86. The summed E-state index contributed by atoms with van der Waals surface area (Å²) in [5.41, 5.74) is 2.91. The van der Waals surface area contributed by atoms with Gasteiger partial charge in [0, 0.05) is 37.3 Å². The van der Waals surface area contributed by atoms with E-state index in [0.717, 1.165) is 11.1 Å². The van der Waals surface area contributed by atoms with Crippen molar-refractivity contribution in [3.63, 3.8) is 0 Å². The molecule has 0 aliphatic carbocycles. The zero-order valence-electron chi connectivity index (χ0n) is 17.5. The molecule has 0 saturated carbocycles. The molecule has 1 saturated heterocycles. The second-order valence-electron chi connectivity index (χ2n) is 7.40. The average Bonchev–Trinajstić information content (AvgIpc) is 2.83. The maximum Gasteiger partial charge on any atom is 0.254 e. The molecule has 0 atom stereocenters. The van der Waals surface area contributed by atoms with E-state index >= 15 is 0 Å². The molecule has 158 valence electrons. The number of halogens is 1. The zero-order valence-corrected chi connectivity index (χ0v) is 17.5. The summed E-state index contributed by atoms with van der Waals surface area (Å²) in [6.07, 6.45) is 1.89. The van der Waals surface area contributed by atoms with E-state index < -0.39 is 0 Å². The Morgan fingerprint density at radius 3 is 2.23 bits per heavy atom. The van der Waals surface area contributed by atoms with Crippen LogP contribution in [0.15, 0.2) is 78.9 Å². The minimum atomic E-state index is -0.233. The number of hydrogen-bond donors (Lipinski definition) is 0. The Labute approximate surface area is 182 Å². The van der Waals surface area contributed by atoms with Crippen LogP contribution in [0.4, 0.5) is 10.1 Å². The molecular weight excluding hydrogens is 391 g/mol. The number of piperazine rings is 1. The van der Waals surface area contributed by atoms with E-state index in [-0.39, 0.29) is 11.7 Å². The van der Waals surface area contributed by atoms with Crippen molar-refractivity contribution in [2.24, 2.45) is 0 Å². The van der Waals surface area contributed by atoms with Crippen molar-refractivity contribution in [2.45, 2.75) is 0 Å². The third-order valence-electron chi connectivity index (χ3n) is 5.51. The highest BCUT2D eigenvalue weighted by molar-refractivity contribution is 6.24. The lowest BCUT2D eigenvalue weighted by atomic mass is 10.0. The lowest BCUT2D eigenvalue weighted by molar-refractivity contribution is -0.125. The summed E-state index contributed by atoms with van der Waals surface area (Å²) >= 11 is 0. The van der Waals surface area contributed by atoms with Crippen molar-refractivity contribution in [1.82, 2.24) is 4.90 Å². The molecule has 5 heteroatoms. The number of amides is 1. The van der Waals surface area contributed by atoms with E-state index in [1.54, 1.807) is 19.2 Å². The molecule has 0 unspecified atom stereocenters. The van der Waals surface area contributed by atoms with Gasteiger partial charge in [0.15, 0.2) is 0 Å². The fraction of sp³-hybridized carbons (Fsp3) is 0.192. The molecule has 4 nitrogen and oxygen atoms in total. The summed E-state index contributed by atoms with van der Waals surface area (Å²) in [5.74, 6) is 0.446. The maximum atomic E-state index is 14.1. The highest BCUT2D eigenvalue weighted by Gasteiger charge is 2.25. The smallest absolute Gasteiger partial charge is 0.254 e. The lowest BCUT2D eigenvalue weighted by Gasteiger charge is -2.36. The molecule has 1 aliphatic heterocycles. The first-order valence-electron chi connectivity index (χ1n) is 10.4. The van der Waals surface area contributed by atoms with E-state index in [2.05, 4.69) is 0 Å². The second-order valence-corrected chi connectivity index (χ2v) is 7.40. The topological polar surface area (TPSA) is 32.8 Å². The molecule has 1 aliphatic rings. The number of nitrogens with zero attached hydrogens (tertiary/aromatic N) is 2. The number of benzene rings is 3. The van der Waals surface area contributed by atoms with Gasteiger partial charge >= 0.3 is 0 Å². The SMILES string of the molecule is COc1ccccc1/C=C(\C(=O)N1CCN(c2ccccc2F)CC1)c1ccccc1. The molecule has 31 heavy (non-hydrogen) atoms. The Balaban J connectivity index is 1.59. The Hall–Kier alpha value is -3.60. The standard InChI is InChI=1S/C26H25FN2O2/c1-31-25-14-8-5-11-21(25)19-22(20-9-3-2-4-10-20)26(30)29-17-15-28(16-18-29)24-13-7-6-12-23(24)27/h2-14,19H,15-18H2,1H3/b22-19-. The van der Waals surface area contributed by atoms with E-state index in [1.165, 1.54) is 6.07 Å². The molecule has 0 radical (unpaired) electrons. The summed E-state index contributed by atoms with van der Waals surface area (Å²) in [6, 6.07) is 24.1. The molecule has 4 rings (SSSR count). The molecule has 3 aromatic rings. The van der Waals surface area contributed by atoms with Gasteiger partial charge in [-0.3, -0.25) is 4.79 Å². The fourth-order valence-electron chi connectivity index (χ4n) is 3.86. The number of para-hydroxylation sites is 2. The summed E-state index contributed by atoms with van der Waals surface area (Å²) in [5, 5.41) is 0. The summed E-state index contributed by atoms with van der Waals surface area (Å²) in [4.78, 5) is 17.4. The lowest BCUT2D eigenvalue weighted by Crippen LogP contribution is -2.49.